The van der Waals surface area contributed by atoms with Gasteiger partial charge in [0.05, 0.1) is 18.2 Å². The molecule has 0 aliphatic carbocycles. The van der Waals surface area contributed by atoms with E-state index < -0.39 is 6.10 Å². The quantitative estimate of drug-likeness (QED) is 0.774. The summed E-state index contributed by atoms with van der Waals surface area (Å²) in [5, 5.41) is 9.50. The van der Waals surface area contributed by atoms with E-state index in [1.165, 1.54) is 14.2 Å². The number of aldehydes is 1. The van der Waals surface area contributed by atoms with Crippen molar-refractivity contribution in [3.05, 3.63) is 22.2 Å². The summed E-state index contributed by atoms with van der Waals surface area (Å²) in [7, 11) is 2.98. The SMILES string of the molecule is COCC(O)COc1c(Br)cc(C=O)cc1OC. The van der Waals surface area contributed by atoms with Crippen molar-refractivity contribution < 1.29 is 24.1 Å². The fourth-order valence-corrected chi connectivity index (χ4v) is 1.94. The van der Waals surface area contributed by atoms with Crippen LogP contribution in [0.15, 0.2) is 16.6 Å². The zero-order chi connectivity index (χ0) is 13.5. The Bertz CT molecular complexity index is 408. The van der Waals surface area contributed by atoms with Crippen LogP contribution in [-0.4, -0.2) is 44.9 Å². The third kappa shape index (κ3) is 3.97. The molecule has 0 spiro atoms. The predicted octanol–water partition coefficient (Wildman–Crippen LogP) is 1.66. The number of hydrogen-bond donors (Lipinski definition) is 1. The van der Waals surface area contributed by atoms with Crippen LogP contribution in [0.3, 0.4) is 0 Å². The van der Waals surface area contributed by atoms with E-state index in [0.29, 0.717) is 21.5 Å². The molecule has 0 amide bonds. The Balaban J connectivity index is 2.84. The molecule has 1 unspecified atom stereocenters. The first kappa shape index (κ1) is 14.9. The van der Waals surface area contributed by atoms with E-state index in [4.69, 9.17) is 14.2 Å². The largest absolute Gasteiger partial charge is 0.493 e. The molecule has 100 valence electrons. The van der Waals surface area contributed by atoms with Crippen LogP contribution in [0.25, 0.3) is 0 Å². The first-order valence-corrected chi connectivity index (χ1v) is 6.04. The number of ether oxygens (including phenoxy) is 3. The Morgan fingerprint density at radius 3 is 2.67 bits per heavy atom. The van der Waals surface area contributed by atoms with Gasteiger partial charge < -0.3 is 19.3 Å². The average Bonchev–Trinajstić information content (AvgIpc) is 2.36. The Morgan fingerprint density at radius 2 is 2.11 bits per heavy atom. The third-order valence-electron chi connectivity index (χ3n) is 2.17. The summed E-state index contributed by atoms with van der Waals surface area (Å²) in [5.74, 6) is 0.870. The molecule has 1 N–H and O–H groups in total. The minimum atomic E-state index is -0.725. The maximum absolute atomic E-state index is 10.7. The maximum atomic E-state index is 10.7. The molecule has 1 aromatic rings. The first-order valence-electron chi connectivity index (χ1n) is 5.24. The van der Waals surface area contributed by atoms with Gasteiger partial charge in [0.15, 0.2) is 11.5 Å². The van der Waals surface area contributed by atoms with Gasteiger partial charge in [0.2, 0.25) is 0 Å². The van der Waals surface area contributed by atoms with Crippen molar-refractivity contribution in [2.45, 2.75) is 6.10 Å². The molecule has 0 aliphatic heterocycles. The molecule has 0 aliphatic rings. The molecule has 5 nitrogen and oxygen atoms in total. The highest BCUT2D eigenvalue weighted by atomic mass is 79.9. The number of benzene rings is 1. The highest BCUT2D eigenvalue weighted by Crippen LogP contribution is 2.36. The van der Waals surface area contributed by atoms with E-state index in [1.54, 1.807) is 12.1 Å². The molecule has 6 heteroatoms. The highest BCUT2D eigenvalue weighted by Gasteiger charge is 2.13. The Labute approximate surface area is 114 Å². The number of carbonyl (C=O) groups excluding carboxylic acids is 1. The second-order valence-corrected chi connectivity index (χ2v) is 4.43. The van der Waals surface area contributed by atoms with E-state index in [1.807, 2.05) is 0 Å². The fourth-order valence-electron chi connectivity index (χ4n) is 1.37. The summed E-state index contributed by atoms with van der Waals surface area (Å²) in [6.45, 7) is 0.260. The summed E-state index contributed by atoms with van der Waals surface area (Å²) in [6.07, 6.45) is -0.00560. The Morgan fingerprint density at radius 1 is 1.39 bits per heavy atom. The van der Waals surface area contributed by atoms with E-state index >= 15 is 0 Å². The summed E-state index contributed by atoms with van der Waals surface area (Å²) >= 11 is 3.29. The van der Waals surface area contributed by atoms with Crippen LogP contribution in [0.2, 0.25) is 0 Å². The second kappa shape index (κ2) is 7.35. The number of carbonyl (C=O) groups is 1. The van der Waals surface area contributed by atoms with Crippen molar-refractivity contribution in [3.8, 4) is 11.5 Å². The summed E-state index contributed by atoms with van der Waals surface area (Å²) in [4.78, 5) is 10.7. The van der Waals surface area contributed by atoms with Gasteiger partial charge in [-0.05, 0) is 28.1 Å². The van der Waals surface area contributed by atoms with Crippen LogP contribution in [0, 0.1) is 0 Å². The second-order valence-electron chi connectivity index (χ2n) is 3.57. The summed E-state index contributed by atoms with van der Waals surface area (Å²) in [5.41, 5.74) is 0.475. The van der Waals surface area contributed by atoms with Gasteiger partial charge in [-0.25, -0.2) is 0 Å². The number of aliphatic hydroxyl groups is 1. The Hall–Kier alpha value is -1.11. The normalized spacial score (nSPS) is 12.0. The molecule has 0 heterocycles. The first-order chi connectivity index (χ1) is 8.62. The molecule has 0 aromatic heterocycles. The van der Waals surface area contributed by atoms with Crippen molar-refractivity contribution in [1.82, 2.24) is 0 Å². The van der Waals surface area contributed by atoms with E-state index in [-0.39, 0.29) is 13.2 Å². The van der Waals surface area contributed by atoms with Crippen LogP contribution < -0.4 is 9.47 Å². The molecule has 1 atom stereocenters. The highest BCUT2D eigenvalue weighted by molar-refractivity contribution is 9.10. The molecule has 1 aromatic carbocycles. The zero-order valence-corrected chi connectivity index (χ0v) is 11.8. The number of rotatable bonds is 7. The summed E-state index contributed by atoms with van der Waals surface area (Å²) in [6, 6.07) is 3.18. The smallest absolute Gasteiger partial charge is 0.175 e. The zero-order valence-electron chi connectivity index (χ0n) is 10.2. The lowest BCUT2D eigenvalue weighted by Crippen LogP contribution is -2.22. The van der Waals surface area contributed by atoms with Crippen LogP contribution in [0.4, 0.5) is 0 Å². The van der Waals surface area contributed by atoms with Crippen LogP contribution in [0.1, 0.15) is 10.4 Å². The summed E-state index contributed by atoms with van der Waals surface area (Å²) < 4.78 is 16.0. The molecule has 18 heavy (non-hydrogen) atoms. The number of hydrogen-bond acceptors (Lipinski definition) is 5. The van der Waals surface area contributed by atoms with Gasteiger partial charge in [0.25, 0.3) is 0 Å². The number of aliphatic hydroxyl groups excluding tert-OH is 1. The maximum Gasteiger partial charge on any atom is 0.175 e. The van der Waals surface area contributed by atoms with Gasteiger partial charge in [-0.2, -0.15) is 0 Å². The van der Waals surface area contributed by atoms with Gasteiger partial charge in [0, 0.05) is 12.7 Å². The van der Waals surface area contributed by atoms with Crippen molar-refractivity contribution >= 4 is 22.2 Å². The Kier molecular flexibility index (Phi) is 6.11. The van der Waals surface area contributed by atoms with Gasteiger partial charge >= 0.3 is 0 Å². The minimum absolute atomic E-state index is 0.0727. The van der Waals surface area contributed by atoms with Crippen LogP contribution in [0.5, 0.6) is 11.5 Å². The van der Waals surface area contributed by atoms with Gasteiger partial charge in [-0.15, -0.1) is 0 Å². The van der Waals surface area contributed by atoms with E-state index in [9.17, 15) is 9.90 Å². The van der Waals surface area contributed by atoms with Gasteiger partial charge in [0.1, 0.15) is 19.0 Å². The van der Waals surface area contributed by atoms with Crippen molar-refractivity contribution in [2.24, 2.45) is 0 Å². The van der Waals surface area contributed by atoms with E-state index in [0.717, 1.165) is 6.29 Å². The topological polar surface area (TPSA) is 65.0 Å². The average molecular weight is 319 g/mol. The monoisotopic (exact) mass is 318 g/mol. The number of methoxy groups -OCH3 is 2. The molecule has 0 fully saturated rings. The lowest BCUT2D eigenvalue weighted by molar-refractivity contribution is 0.0317. The molecule has 0 saturated carbocycles. The lowest BCUT2D eigenvalue weighted by atomic mass is 10.2. The number of halogens is 1. The predicted molar refractivity (Wildman–Crippen MR) is 69.5 cm³/mol. The molecule has 0 radical (unpaired) electrons. The van der Waals surface area contributed by atoms with Crippen molar-refractivity contribution in [2.75, 3.05) is 27.4 Å². The fraction of sp³-hybridized carbons (Fsp3) is 0.417. The van der Waals surface area contributed by atoms with Crippen molar-refractivity contribution in [1.29, 1.82) is 0 Å². The van der Waals surface area contributed by atoms with Crippen molar-refractivity contribution in [3.63, 3.8) is 0 Å². The molecular formula is C12H15BrO5. The van der Waals surface area contributed by atoms with Gasteiger partial charge in [-0.3, -0.25) is 4.79 Å². The van der Waals surface area contributed by atoms with Crippen LogP contribution in [-0.2, 0) is 4.74 Å². The van der Waals surface area contributed by atoms with E-state index in [2.05, 4.69) is 15.9 Å². The third-order valence-corrected chi connectivity index (χ3v) is 2.76. The standard InChI is InChI=1S/C12H15BrO5/c1-16-6-9(15)7-18-12-10(13)3-8(5-14)4-11(12)17-2/h3-5,9,15H,6-7H2,1-2H3. The van der Waals surface area contributed by atoms with Gasteiger partial charge in [-0.1, -0.05) is 0 Å². The van der Waals surface area contributed by atoms with Crippen LogP contribution >= 0.6 is 15.9 Å². The molecular weight excluding hydrogens is 304 g/mol. The molecule has 0 bridgehead atoms. The lowest BCUT2D eigenvalue weighted by Gasteiger charge is -2.15. The molecule has 0 saturated heterocycles. The minimum Gasteiger partial charge on any atom is -0.493 e. The molecule has 1 rings (SSSR count).